The molecule has 2 aromatic carbocycles. The monoisotopic (exact) mass is 349 g/mol. The molecule has 0 saturated carbocycles. The van der Waals surface area contributed by atoms with Crippen molar-refractivity contribution in [3.63, 3.8) is 0 Å². The molecule has 0 spiro atoms. The fraction of sp³-hybridized carbons (Fsp3) is 0.294. The minimum Gasteiger partial charge on any atom is -0.497 e. The SMILES string of the molecule is COc1ccc(Oc2cc(CC(C)N)ccc2C)c(Br)c1. The maximum atomic E-state index is 6.02. The molecule has 2 rings (SSSR count). The number of aryl methyl sites for hydroxylation is 1. The summed E-state index contributed by atoms with van der Waals surface area (Å²) in [7, 11) is 1.64. The van der Waals surface area contributed by atoms with Gasteiger partial charge in [0.05, 0.1) is 11.6 Å². The quantitative estimate of drug-likeness (QED) is 0.867. The Hall–Kier alpha value is -1.52. The van der Waals surface area contributed by atoms with E-state index < -0.39 is 0 Å². The number of hydrogen-bond donors (Lipinski definition) is 1. The van der Waals surface area contributed by atoms with Crippen molar-refractivity contribution in [2.24, 2.45) is 5.73 Å². The summed E-state index contributed by atoms with van der Waals surface area (Å²) in [5.74, 6) is 2.40. The molecule has 2 aromatic rings. The van der Waals surface area contributed by atoms with Gasteiger partial charge in [-0.3, -0.25) is 0 Å². The van der Waals surface area contributed by atoms with Crippen molar-refractivity contribution < 1.29 is 9.47 Å². The fourth-order valence-electron chi connectivity index (χ4n) is 2.06. The van der Waals surface area contributed by atoms with Crippen LogP contribution in [0.5, 0.6) is 17.2 Å². The second kappa shape index (κ2) is 6.96. The molecule has 0 heterocycles. The first-order chi connectivity index (χ1) is 9.99. The summed E-state index contributed by atoms with van der Waals surface area (Å²) in [5.41, 5.74) is 8.12. The molecular weight excluding hydrogens is 330 g/mol. The van der Waals surface area contributed by atoms with Gasteiger partial charge in [0, 0.05) is 6.04 Å². The summed E-state index contributed by atoms with van der Waals surface area (Å²) < 4.78 is 12.1. The molecule has 0 radical (unpaired) electrons. The molecule has 21 heavy (non-hydrogen) atoms. The van der Waals surface area contributed by atoms with Gasteiger partial charge in [-0.05, 0) is 71.6 Å². The largest absolute Gasteiger partial charge is 0.497 e. The van der Waals surface area contributed by atoms with Gasteiger partial charge in [0.2, 0.25) is 0 Å². The molecule has 0 saturated heterocycles. The summed E-state index contributed by atoms with van der Waals surface area (Å²) in [6.07, 6.45) is 0.834. The van der Waals surface area contributed by atoms with E-state index in [1.165, 1.54) is 5.56 Å². The predicted octanol–water partition coefficient (Wildman–Crippen LogP) is 4.45. The third-order valence-electron chi connectivity index (χ3n) is 3.17. The van der Waals surface area contributed by atoms with Crippen molar-refractivity contribution in [1.82, 2.24) is 0 Å². The Bertz CT molecular complexity index is 626. The van der Waals surface area contributed by atoms with E-state index in [-0.39, 0.29) is 6.04 Å². The molecule has 112 valence electrons. The molecule has 4 heteroatoms. The van der Waals surface area contributed by atoms with Gasteiger partial charge >= 0.3 is 0 Å². The van der Waals surface area contributed by atoms with Crippen LogP contribution >= 0.6 is 15.9 Å². The van der Waals surface area contributed by atoms with E-state index >= 15 is 0 Å². The fourth-order valence-corrected chi connectivity index (χ4v) is 2.50. The Morgan fingerprint density at radius 1 is 1.14 bits per heavy atom. The summed E-state index contributed by atoms with van der Waals surface area (Å²) in [5, 5.41) is 0. The minimum atomic E-state index is 0.133. The number of rotatable bonds is 5. The number of methoxy groups -OCH3 is 1. The Labute approximate surface area is 134 Å². The summed E-state index contributed by atoms with van der Waals surface area (Å²) >= 11 is 3.50. The topological polar surface area (TPSA) is 44.5 Å². The van der Waals surface area contributed by atoms with Crippen LogP contribution in [0.2, 0.25) is 0 Å². The van der Waals surface area contributed by atoms with Crippen molar-refractivity contribution in [3.05, 3.63) is 52.0 Å². The van der Waals surface area contributed by atoms with E-state index in [4.69, 9.17) is 15.2 Å². The van der Waals surface area contributed by atoms with E-state index in [2.05, 4.69) is 34.1 Å². The minimum absolute atomic E-state index is 0.133. The third-order valence-corrected chi connectivity index (χ3v) is 3.79. The van der Waals surface area contributed by atoms with Gasteiger partial charge in [-0.2, -0.15) is 0 Å². The van der Waals surface area contributed by atoms with Gasteiger partial charge in [-0.25, -0.2) is 0 Å². The van der Waals surface area contributed by atoms with Gasteiger partial charge in [-0.1, -0.05) is 12.1 Å². The second-order valence-corrected chi connectivity index (χ2v) is 6.03. The molecular formula is C17H20BrNO2. The Balaban J connectivity index is 2.26. The molecule has 0 aliphatic carbocycles. The summed E-state index contributed by atoms with van der Waals surface area (Å²) in [6, 6.07) is 12.0. The van der Waals surface area contributed by atoms with E-state index in [0.29, 0.717) is 0 Å². The second-order valence-electron chi connectivity index (χ2n) is 5.18. The molecule has 2 N–H and O–H groups in total. The molecule has 0 aliphatic heterocycles. The average molecular weight is 350 g/mol. The predicted molar refractivity (Wildman–Crippen MR) is 89.3 cm³/mol. The molecule has 1 unspecified atom stereocenters. The zero-order chi connectivity index (χ0) is 15.4. The third kappa shape index (κ3) is 4.22. The number of hydrogen-bond acceptors (Lipinski definition) is 3. The molecule has 0 bridgehead atoms. The Morgan fingerprint density at radius 3 is 2.52 bits per heavy atom. The van der Waals surface area contributed by atoms with E-state index in [1.807, 2.05) is 32.0 Å². The van der Waals surface area contributed by atoms with Gasteiger partial charge in [0.1, 0.15) is 17.2 Å². The normalized spacial score (nSPS) is 12.0. The molecule has 0 amide bonds. The molecule has 0 aliphatic rings. The van der Waals surface area contributed by atoms with Crippen LogP contribution in [0.3, 0.4) is 0 Å². The van der Waals surface area contributed by atoms with E-state index in [1.54, 1.807) is 7.11 Å². The number of ether oxygens (including phenoxy) is 2. The maximum absolute atomic E-state index is 6.02. The van der Waals surface area contributed by atoms with Crippen molar-refractivity contribution in [1.29, 1.82) is 0 Å². The van der Waals surface area contributed by atoms with Crippen LogP contribution in [-0.2, 0) is 6.42 Å². The summed E-state index contributed by atoms with van der Waals surface area (Å²) in [6.45, 7) is 4.03. The Kier molecular flexibility index (Phi) is 5.26. The first-order valence-electron chi connectivity index (χ1n) is 6.86. The molecule has 3 nitrogen and oxygen atoms in total. The van der Waals surface area contributed by atoms with Crippen LogP contribution in [0.1, 0.15) is 18.1 Å². The Morgan fingerprint density at radius 2 is 1.90 bits per heavy atom. The molecule has 1 atom stereocenters. The van der Waals surface area contributed by atoms with Crippen LogP contribution < -0.4 is 15.2 Å². The number of halogens is 1. The lowest BCUT2D eigenvalue weighted by molar-refractivity contribution is 0.412. The lowest BCUT2D eigenvalue weighted by atomic mass is 10.1. The average Bonchev–Trinajstić information content (AvgIpc) is 2.44. The first-order valence-corrected chi connectivity index (χ1v) is 7.65. The summed E-state index contributed by atoms with van der Waals surface area (Å²) in [4.78, 5) is 0. The smallest absolute Gasteiger partial charge is 0.141 e. The highest BCUT2D eigenvalue weighted by molar-refractivity contribution is 9.10. The van der Waals surface area contributed by atoms with Crippen molar-refractivity contribution in [2.45, 2.75) is 26.3 Å². The van der Waals surface area contributed by atoms with Gasteiger partial charge in [-0.15, -0.1) is 0 Å². The highest BCUT2D eigenvalue weighted by atomic mass is 79.9. The van der Waals surface area contributed by atoms with Gasteiger partial charge in [0.15, 0.2) is 0 Å². The molecule has 0 aromatic heterocycles. The maximum Gasteiger partial charge on any atom is 0.141 e. The lowest BCUT2D eigenvalue weighted by Gasteiger charge is -2.13. The molecule has 0 fully saturated rings. The van der Waals surface area contributed by atoms with Crippen LogP contribution in [-0.4, -0.2) is 13.2 Å². The van der Waals surface area contributed by atoms with Crippen LogP contribution in [0, 0.1) is 6.92 Å². The van der Waals surface area contributed by atoms with E-state index in [9.17, 15) is 0 Å². The van der Waals surface area contributed by atoms with Crippen LogP contribution in [0.25, 0.3) is 0 Å². The number of nitrogens with two attached hydrogens (primary N) is 1. The van der Waals surface area contributed by atoms with E-state index in [0.717, 1.165) is 33.7 Å². The van der Waals surface area contributed by atoms with Gasteiger partial charge in [0.25, 0.3) is 0 Å². The lowest BCUT2D eigenvalue weighted by Crippen LogP contribution is -2.17. The van der Waals surface area contributed by atoms with Crippen molar-refractivity contribution in [3.8, 4) is 17.2 Å². The van der Waals surface area contributed by atoms with Crippen LogP contribution in [0.4, 0.5) is 0 Å². The van der Waals surface area contributed by atoms with Crippen molar-refractivity contribution in [2.75, 3.05) is 7.11 Å². The van der Waals surface area contributed by atoms with Crippen molar-refractivity contribution >= 4 is 15.9 Å². The van der Waals surface area contributed by atoms with Crippen LogP contribution in [0.15, 0.2) is 40.9 Å². The van der Waals surface area contributed by atoms with Gasteiger partial charge < -0.3 is 15.2 Å². The first kappa shape index (κ1) is 15.9. The zero-order valence-electron chi connectivity index (χ0n) is 12.5. The number of benzene rings is 2. The zero-order valence-corrected chi connectivity index (χ0v) is 14.1. The highest BCUT2D eigenvalue weighted by Crippen LogP contribution is 2.34. The standard InChI is InChI=1S/C17H20BrNO2/c1-11-4-5-13(8-12(2)19)9-17(11)21-16-7-6-14(20-3)10-15(16)18/h4-7,9-10,12H,8,19H2,1-3H3. The highest BCUT2D eigenvalue weighted by Gasteiger charge is 2.08.